The number of halogens is 2. The van der Waals surface area contributed by atoms with Crippen molar-refractivity contribution in [1.82, 2.24) is 0 Å². The molecule has 0 bridgehead atoms. The Morgan fingerprint density at radius 3 is 1.28 bits per heavy atom. The molecule has 3 aliphatic carbocycles. The minimum Gasteiger partial charge on any atom is -0.100 e. The quantitative estimate of drug-likeness (QED) is 0.301. The van der Waals surface area contributed by atoms with Gasteiger partial charge >= 0.3 is 0 Å². The monoisotopic (exact) mass is 524 g/mol. The van der Waals surface area contributed by atoms with Gasteiger partial charge in [0.25, 0.3) is 0 Å². The molecule has 0 saturated heterocycles. The van der Waals surface area contributed by atoms with Gasteiger partial charge in [-0.25, -0.2) is 0 Å². The lowest BCUT2D eigenvalue weighted by Gasteiger charge is -2.69. The second kappa shape index (κ2) is 11.0. The standard InChI is InChI=1S/C34H46Cl2/c1-3-5-7-26-9-13-28(14-10-26)30-17-21-32(22-18-30)25-33(34(32,35)36)23-19-31(20-24-33)29-15-11-27(12-16-29)8-6-4-2/h9-16,30-31H,3-8,17-25H2,1-2H3. The van der Waals surface area contributed by atoms with Crippen molar-refractivity contribution >= 4 is 23.2 Å². The van der Waals surface area contributed by atoms with Crippen LogP contribution < -0.4 is 0 Å². The van der Waals surface area contributed by atoms with Crippen LogP contribution in [0.1, 0.15) is 131 Å². The number of benzene rings is 2. The topological polar surface area (TPSA) is 0 Å². The normalized spacial score (nSPS) is 31.4. The second-order valence-corrected chi connectivity index (χ2v) is 13.9. The van der Waals surface area contributed by atoms with Crippen LogP contribution in [0.4, 0.5) is 0 Å². The number of aryl methyl sites for hydroxylation is 2. The predicted molar refractivity (Wildman–Crippen MR) is 156 cm³/mol. The Morgan fingerprint density at radius 1 is 0.611 bits per heavy atom. The van der Waals surface area contributed by atoms with Gasteiger partial charge in [0.2, 0.25) is 0 Å². The Bertz CT molecular complexity index is 891. The number of hydrogen-bond donors (Lipinski definition) is 0. The Balaban J connectivity index is 1.16. The first kappa shape index (κ1) is 26.6. The highest BCUT2D eigenvalue weighted by atomic mass is 35.5. The second-order valence-electron chi connectivity index (χ2n) is 12.6. The molecule has 2 aromatic rings. The SMILES string of the molecule is CCCCc1ccc(C2CCC3(CC2)CC2(CCC(c4ccc(CCCC)cc4)CC2)C3(Cl)Cl)cc1. The zero-order valence-corrected chi connectivity index (χ0v) is 24.1. The zero-order chi connectivity index (χ0) is 25.2. The van der Waals surface area contributed by atoms with Gasteiger partial charge < -0.3 is 0 Å². The highest BCUT2D eigenvalue weighted by Gasteiger charge is 2.72. The largest absolute Gasteiger partial charge is 0.129 e. The molecule has 0 N–H and O–H groups in total. The molecular formula is C34H46Cl2. The van der Waals surface area contributed by atoms with Crippen LogP contribution >= 0.6 is 23.2 Å². The average molecular weight is 526 g/mol. The van der Waals surface area contributed by atoms with Crippen LogP contribution in [0.5, 0.6) is 0 Å². The van der Waals surface area contributed by atoms with Gasteiger partial charge in [-0.3, -0.25) is 0 Å². The highest BCUT2D eigenvalue weighted by molar-refractivity contribution is 6.50. The maximum absolute atomic E-state index is 7.37. The fourth-order valence-corrected chi connectivity index (χ4v) is 9.01. The Labute approximate surface area is 230 Å². The summed E-state index contributed by atoms with van der Waals surface area (Å²) in [6, 6.07) is 19.0. The summed E-state index contributed by atoms with van der Waals surface area (Å²) in [4.78, 5) is 0. The first-order valence-electron chi connectivity index (χ1n) is 15.0. The van der Waals surface area contributed by atoms with E-state index in [-0.39, 0.29) is 10.8 Å². The molecule has 36 heavy (non-hydrogen) atoms. The van der Waals surface area contributed by atoms with E-state index in [1.807, 2.05) is 0 Å². The summed E-state index contributed by atoms with van der Waals surface area (Å²) in [5.41, 5.74) is 6.29. The summed E-state index contributed by atoms with van der Waals surface area (Å²) in [5.74, 6) is 1.35. The maximum atomic E-state index is 7.37. The molecule has 0 nitrogen and oxygen atoms in total. The van der Waals surface area contributed by atoms with E-state index in [0.29, 0.717) is 11.8 Å². The molecule has 3 fully saturated rings. The van der Waals surface area contributed by atoms with Gasteiger partial charge in [-0.05, 0) is 118 Å². The molecule has 0 atom stereocenters. The van der Waals surface area contributed by atoms with Crippen molar-refractivity contribution in [1.29, 1.82) is 0 Å². The lowest BCUT2D eigenvalue weighted by Crippen LogP contribution is -2.66. The lowest BCUT2D eigenvalue weighted by atomic mass is 9.43. The molecule has 2 spiro atoms. The van der Waals surface area contributed by atoms with Crippen molar-refractivity contribution < 1.29 is 0 Å². The minimum atomic E-state index is -0.552. The highest BCUT2D eigenvalue weighted by Crippen LogP contribution is 2.77. The van der Waals surface area contributed by atoms with Gasteiger partial charge in [0, 0.05) is 10.8 Å². The molecule has 2 aromatic carbocycles. The van der Waals surface area contributed by atoms with E-state index in [0.717, 1.165) is 0 Å². The van der Waals surface area contributed by atoms with Crippen molar-refractivity contribution in [2.24, 2.45) is 10.8 Å². The molecule has 0 radical (unpaired) electrons. The van der Waals surface area contributed by atoms with Gasteiger partial charge in [0.05, 0.1) is 0 Å². The molecule has 5 rings (SSSR count). The Kier molecular flexibility index (Phi) is 8.15. The van der Waals surface area contributed by atoms with Crippen LogP contribution in [-0.4, -0.2) is 4.33 Å². The summed E-state index contributed by atoms with van der Waals surface area (Å²) >= 11 is 14.7. The van der Waals surface area contributed by atoms with E-state index in [1.165, 1.54) is 119 Å². The fraction of sp³-hybridized carbons (Fsp3) is 0.647. The first-order chi connectivity index (χ1) is 17.4. The predicted octanol–water partition coefficient (Wildman–Crippen LogP) is 10.9. The maximum Gasteiger partial charge on any atom is 0.129 e. The van der Waals surface area contributed by atoms with Crippen molar-refractivity contribution in [2.45, 2.75) is 126 Å². The van der Waals surface area contributed by atoms with E-state index in [9.17, 15) is 0 Å². The summed E-state index contributed by atoms with van der Waals surface area (Å²) in [6.45, 7) is 4.53. The Hall–Kier alpha value is -0.980. The fourth-order valence-electron chi connectivity index (χ4n) is 7.99. The van der Waals surface area contributed by atoms with E-state index in [2.05, 4.69) is 62.4 Å². The summed E-state index contributed by atoms with van der Waals surface area (Å²) < 4.78 is -0.552. The third-order valence-corrected chi connectivity index (χ3v) is 12.0. The van der Waals surface area contributed by atoms with Gasteiger partial charge in [-0.1, -0.05) is 75.2 Å². The molecule has 0 heterocycles. The minimum absolute atomic E-state index is 0.140. The zero-order valence-electron chi connectivity index (χ0n) is 22.6. The third kappa shape index (κ3) is 4.91. The molecule has 196 valence electrons. The van der Waals surface area contributed by atoms with E-state index in [1.54, 1.807) is 0 Å². The first-order valence-corrected chi connectivity index (χ1v) is 15.7. The molecule has 0 aliphatic heterocycles. The van der Waals surface area contributed by atoms with Crippen LogP contribution in [0, 0.1) is 10.8 Å². The third-order valence-electron chi connectivity index (χ3n) is 10.4. The van der Waals surface area contributed by atoms with Gasteiger partial charge in [0.15, 0.2) is 0 Å². The summed E-state index contributed by atoms with van der Waals surface area (Å²) in [7, 11) is 0. The van der Waals surface area contributed by atoms with Crippen LogP contribution in [0.2, 0.25) is 0 Å². The van der Waals surface area contributed by atoms with Gasteiger partial charge in [0.1, 0.15) is 4.33 Å². The lowest BCUT2D eigenvalue weighted by molar-refractivity contribution is -0.107. The van der Waals surface area contributed by atoms with Gasteiger partial charge in [-0.2, -0.15) is 0 Å². The molecule has 2 heteroatoms. The molecule has 3 aliphatic rings. The molecule has 0 aromatic heterocycles. The molecule has 3 saturated carbocycles. The average Bonchev–Trinajstić information content (AvgIpc) is 2.92. The van der Waals surface area contributed by atoms with Crippen LogP contribution in [-0.2, 0) is 12.8 Å². The summed E-state index contributed by atoms with van der Waals surface area (Å²) in [6.07, 6.45) is 18.4. The van der Waals surface area contributed by atoms with E-state index < -0.39 is 4.33 Å². The molecule has 0 amide bonds. The van der Waals surface area contributed by atoms with Crippen molar-refractivity contribution in [2.75, 3.05) is 0 Å². The van der Waals surface area contributed by atoms with Crippen molar-refractivity contribution in [3.63, 3.8) is 0 Å². The molecular weight excluding hydrogens is 479 g/mol. The number of alkyl halides is 2. The van der Waals surface area contributed by atoms with Crippen LogP contribution in [0.25, 0.3) is 0 Å². The smallest absolute Gasteiger partial charge is 0.100 e. The van der Waals surface area contributed by atoms with E-state index >= 15 is 0 Å². The number of hydrogen-bond acceptors (Lipinski definition) is 0. The van der Waals surface area contributed by atoms with Crippen LogP contribution in [0.15, 0.2) is 48.5 Å². The van der Waals surface area contributed by atoms with Crippen LogP contribution in [0.3, 0.4) is 0 Å². The van der Waals surface area contributed by atoms with Crippen molar-refractivity contribution in [3.8, 4) is 0 Å². The van der Waals surface area contributed by atoms with Gasteiger partial charge in [-0.15, -0.1) is 23.2 Å². The molecule has 0 unspecified atom stereocenters. The van der Waals surface area contributed by atoms with Crippen molar-refractivity contribution in [3.05, 3.63) is 70.8 Å². The number of unbranched alkanes of at least 4 members (excludes halogenated alkanes) is 2. The Morgan fingerprint density at radius 2 is 0.972 bits per heavy atom. The number of rotatable bonds is 8. The van der Waals surface area contributed by atoms with E-state index in [4.69, 9.17) is 23.2 Å². The summed E-state index contributed by atoms with van der Waals surface area (Å²) in [5, 5.41) is 0.